The average molecular weight is 243 g/mol. The smallest absolute Gasteiger partial charge is 0.142 e. The summed E-state index contributed by atoms with van der Waals surface area (Å²) < 4.78 is 5.28. The van der Waals surface area contributed by atoms with Gasteiger partial charge in [-0.3, -0.25) is 0 Å². The van der Waals surface area contributed by atoms with Crippen LogP contribution in [0.1, 0.15) is 11.1 Å². The molecule has 0 aromatic heterocycles. The molecule has 88 valence electrons. The van der Waals surface area contributed by atoms with Crippen LogP contribution in [0.4, 0.5) is 0 Å². The van der Waals surface area contributed by atoms with Gasteiger partial charge in [-0.25, -0.2) is 0 Å². The highest BCUT2D eigenvalue weighted by molar-refractivity contribution is 5.85. The molecule has 2 rings (SSSR count). The predicted octanol–water partition coefficient (Wildman–Crippen LogP) is 1.58. The van der Waals surface area contributed by atoms with Crippen molar-refractivity contribution >= 4 is 18.2 Å². The first-order valence-corrected chi connectivity index (χ1v) is 4.88. The first-order chi connectivity index (χ1) is 7.26. The van der Waals surface area contributed by atoms with Crippen molar-refractivity contribution in [2.45, 2.75) is 12.8 Å². The van der Waals surface area contributed by atoms with Crippen molar-refractivity contribution in [2.24, 2.45) is 16.8 Å². The van der Waals surface area contributed by atoms with Crippen LogP contribution in [0.2, 0.25) is 0 Å². The summed E-state index contributed by atoms with van der Waals surface area (Å²) in [7, 11) is 1.66. The topological polar surface area (TPSA) is 67.8 Å². The van der Waals surface area contributed by atoms with Crippen molar-refractivity contribution in [1.82, 2.24) is 0 Å². The molecule has 0 radical (unpaired) electrons. The summed E-state index contributed by atoms with van der Waals surface area (Å²) in [5.74, 6) is 1.29. The van der Waals surface area contributed by atoms with Crippen LogP contribution in [0, 0.1) is 5.92 Å². The van der Waals surface area contributed by atoms with Crippen LogP contribution in [-0.2, 0) is 12.8 Å². The van der Waals surface area contributed by atoms with Gasteiger partial charge < -0.3 is 15.7 Å². The summed E-state index contributed by atoms with van der Waals surface area (Å²) in [5, 5.41) is 11.7. The molecular formula is C11H15ClN2O2. The van der Waals surface area contributed by atoms with E-state index in [0.29, 0.717) is 5.84 Å². The van der Waals surface area contributed by atoms with Crippen LogP contribution in [0.5, 0.6) is 5.75 Å². The Hall–Kier alpha value is -1.42. The molecule has 0 bridgehead atoms. The van der Waals surface area contributed by atoms with E-state index in [2.05, 4.69) is 11.2 Å². The maximum atomic E-state index is 8.63. The molecular weight excluding hydrogens is 228 g/mol. The number of nitrogens with two attached hydrogens (primary N) is 1. The van der Waals surface area contributed by atoms with Crippen LogP contribution in [0.3, 0.4) is 0 Å². The number of ether oxygens (including phenoxy) is 1. The fraction of sp³-hybridized carbons (Fsp3) is 0.364. The van der Waals surface area contributed by atoms with E-state index < -0.39 is 0 Å². The third-order valence-corrected chi connectivity index (χ3v) is 2.90. The van der Waals surface area contributed by atoms with Crippen LogP contribution in [-0.4, -0.2) is 18.2 Å². The number of methoxy groups -OCH3 is 1. The van der Waals surface area contributed by atoms with Crippen LogP contribution < -0.4 is 10.5 Å². The lowest BCUT2D eigenvalue weighted by Crippen LogP contribution is -2.23. The molecule has 1 aromatic rings. The first-order valence-electron chi connectivity index (χ1n) is 4.88. The van der Waals surface area contributed by atoms with E-state index in [4.69, 9.17) is 15.7 Å². The zero-order valence-electron chi connectivity index (χ0n) is 9.01. The number of rotatable bonds is 2. The minimum absolute atomic E-state index is 0. The summed E-state index contributed by atoms with van der Waals surface area (Å²) in [6, 6.07) is 5.96. The summed E-state index contributed by atoms with van der Waals surface area (Å²) in [6.07, 6.45) is 1.61. The van der Waals surface area contributed by atoms with Gasteiger partial charge in [0.1, 0.15) is 11.6 Å². The summed E-state index contributed by atoms with van der Waals surface area (Å²) in [4.78, 5) is 0. The molecule has 5 heteroatoms. The number of hydrogen-bond acceptors (Lipinski definition) is 3. The molecule has 0 amide bonds. The Bertz CT molecular complexity index is 407. The Morgan fingerprint density at radius 1 is 1.50 bits per heavy atom. The molecule has 0 heterocycles. The van der Waals surface area contributed by atoms with Gasteiger partial charge in [-0.1, -0.05) is 17.3 Å². The van der Waals surface area contributed by atoms with E-state index in [-0.39, 0.29) is 18.3 Å². The predicted molar refractivity (Wildman–Crippen MR) is 64.5 cm³/mol. The largest absolute Gasteiger partial charge is 0.496 e. The number of benzene rings is 1. The highest BCUT2D eigenvalue weighted by atomic mass is 35.5. The SMILES string of the molecule is COc1cccc2c1CC(/C(N)=N/O)C2.Cl. The van der Waals surface area contributed by atoms with Crippen LogP contribution in [0.15, 0.2) is 23.4 Å². The number of hydrogen-bond donors (Lipinski definition) is 2. The van der Waals surface area contributed by atoms with Gasteiger partial charge in [0.2, 0.25) is 0 Å². The second kappa shape index (κ2) is 5.07. The zero-order chi connectivity index (χ0) is 10.8. The second-order valence-corrected chi connectivity index (χ2v) is 3.73. The van der Waals surface area contributed by atoms with Gasteiger partial charge in [-0.05, 0) is 30.0 Å². The van der Waals surface area contributed by atoms with Crippen molar-refractivity contribution < 1.29 is 9.94 Å². The molecule has 16 heavy (non-hydrogen) atoms. The molecule has 0 aliphatic heterocycles. The fourth-order valence-corrected chi connectivity index (χ4v) is 2.10. The first kappa shape index (κ1) is 12.6. The van der Waals surface area contributed by atoms with E-state index >= 15 is 0 Å². The number of nitrogens with zero attached hydrogens (tertiary/aromatic N) is 1. The van der Waals surface area contributed by atoms with Gasteiger partial charge in [-0.15, -0.1) is 12.4 Å². The molecule has 4 nitrogen and oxygen atoms in total. The van der Waals surface area contributed by atoms with E-state index in [9.17, 15) is 0 Å². The average Bonchev–Trinajstić information content (AvgIpc) is 2.71. The molecule has 0 fully saturated rings. The second-order valence-electron chi connectivity index (χ2n) is 3.73. The monoisotopic (exact) mass is 242 g/mol. The van der Waals surface area contributed by atoms with Crippen LogP contribution in [0.25, 0.3) is 0 Å². The molecule has 0 spiro atoms. The van der Waals surface area contributed by atoms with E-state index in [0.717, 1.165) is 18.6 Å². The Kier molecular flexibility index (Phi) is 4.01. The Morgan fingerprint density at radius 2 is 2.25 bits per heavy atom. The standard InChI is InChI=1S/C11H14N2O2.ClH/c1-15-10-4-2-3-7-5-8(6-9(7)10)11(12)13-14;/h2-4,8,14H,5-6H2,1H3,(H2,12,13);1H. The Labute approximate surface area is 101 Å². The third-order valence-electron chi connectivity index (χ3n) is 2.90. The number of fused-ring (bicyclic) bond motifs is 1. The molecule has 0 saturated carbocycles. The lowest BCUT2D eigenvalue weighted by atomic mass is 10.1. The lowest BCUT2D eigenvalue weighted by Gasteiger charge is -2.06. The quantitative estimate of drug-likeness (QED) is 0.358. The fourth-order valence-electron chi connectivity index (χ4n) is 2.10. The summed E-state index contributed by atoms with van der Waals surface area (Å²) in [5.41, 5.74) is 8.01. The van der Waals surface area contributed by atoms with Crippen molar-refractivity contribution in [3.63, 3.8) is 0 Å². The third kappa shape index (κ3) is 2.07. The maximum Gasteiger partial charge on any atom is 0.142 e. The summed E-state index contributed by atoms with van der Waals surface area (Å²) >= 11 is 0. The molecule has 1 aliphatic rings. The van der Waals surface area contributed by atoms with E-state index in [1.165, 1.54) is 11.1 Å². The van der Waals surface area contributed by atoms with Crippen molar-refractivity contribution in [3.05, 3.63) is 29.3 Å². The molecule has 0 saturated heterocycles. The van der Waals surface area contributed by atoms with E-state index in [1.807, 2.05) is 12.1 Å². The molecule has 1 aliphatic carbocycles. The van der Waals surface area contributed by atoms with Crippen LogP contribution >= 0.6 is 12.4 Å². The van der Waals surface area contributed by atoms with Gasteiger partial charge >= 0.3 is 0 Å². The van der Waals surface area contributed by atoms with Crippen molar-refractivity contribution in [1.29, 1.82) is 0 Å². The Balaban J connectivity index is 0.00000128. The highest BCUT2D eigenvalue weighted by Crippen LogP contribution is 2.33. The van der Waals surface area contributed by atoms with Crippen molar-refractivity contribution in [3.8, 4) is 5.75 Å². The highest BCUT2D eigenvalue weighted by Gasteiger charge is 2.26. The Morgan fingerprint density at radius 3 is 2.88 bits per heavy atom. The summed E-state index contributed by atoms with van der Waals surface area (Å²) in [6.45, 7) is 0. The number of halogens is 1. The van der Waals surface area contributed by atoms with E-state index in [1.54, 1.807) is 7.11 Å². The van der Waals surface area contributed by atoms with Gasteiger partial charge in [0.15, 0.2) is 0 Å². The minimum Gasteiger partial charge on any atom is -0.496 e. The normalized spacial score (nSPS) is 18.8. The maximum absolute atomic E-state index is 8.63. The van der Waals surface area contributed by atoms with Gasteiger partial charge in [0, 0.05) is 5.92 Å². The van der Waals surface area contributed by atoms with Gasteiger partial charge in [0.25, 0.3) is 0 Å². The zero-order valence-corrected chi connectivity index (χ0v) is 9.83. The lowest BCUT2D eigenvalue weighted by molar-refractivity contribution is 0.314. The molecule has 1 unspecified atom stereocenters. The number of oxime groups is 1. The van der Waals surface area contributed by atoms with Crippen molar-refractivity contribution in [2.75, 3.05) is 7.11 Å². The minimum atomic E-state index is 0. The van der Waals surface area contributed by atoms with Gasteiger partial charge in [0.05, 0.1) is 7.11 Å². The molecule has 1 atom stereocenters. The van der Waals surface area contributed by atoms with Gasteiger partial charge in [-0.2, -0.15) is 0 Å². The number of amidine groups is 1. The molecule has 3 N–H and O–H groups in total. The molecule has 1 aromatic carbocycles.